The monoisotopic (exact) mass is 434 g/mol. The van der Waals surface area contributed by atoms with Crippen LogP contribution in [-0.2, 0) is 6.54 Å². The molecule has 0 bridgehead atoms. The molecule has 0 fully saturated rings. The number of carbonyl (C=O) groups excluding carboxylic acids is 1. The quantitative estimate of drug-likeness (QED) is 0.444. The molecule has 0 aliphatic rings. The first-order chi connectivity index (χ1) is 15.5. The van der Waals surface area contributed by atoms with Gasteiger partial charge in [0.05, 0.1) is 43.0 Å². The van der Waals surface area contributed by atoms with Crippen LogP contribution in [0.15, 0.2) is 47.2 Å². The molecule has 1 aromatic carbocycles. The molecule has 0 aliphatic carbocycles. The molecule has 0 saturated carbocycles. The summed E-state index contributed by atoms with van der Waals surface area (Å²) in [7, 11) is 0. The van der Waals surface area contributed by atoms with Crippen LogP contribution in [0.25, 0.3) is 16.8 Å². The first-order valence-corrected chi connectivity index (χ1v) is 10.6. The lowest BCUT2D eigenvalue weighted by Crippen LogP contribution is -2.24. The molecule has 3 aromatic heterocycles. The fourth-order valence-corrected chi connectivity index (χ4v) is 3.64. The van der Waals surface area contributed by atoms with E-state index in [1.54, 1.807) is 23.0 Å². The highest BCUT2D eigenvalue weighted by Crippen LogP contribution is 2.35. The maximum Gasteiger partial charge on any atom is 0.255 e. The summed E-state index contributed by atoms with van der Waals surface area (Å²) < 4.78 is 18.4. The normalized spacial score (nSPS) is 11.0. The van der Waals surface area contributed by atoms with Crippen molar-refractivity contribution in [2.24, 2.45) is 0 Å². The Morgan fingerprint density at radius 3 is 2.62 bits per heavy atom. The fourth-order valence-electron chi connectivity index (χ4n) is 3.64. The third-order valence-corrected chi connectivity index (χ3v) is 5.14. The molecule has 1 N–H and O–H groups in total. The van der Waals surface area contributed by atoms with Gasteiger partial charge >= 0.3 is 0 Å². The van der Waals surface area contributed by atoms with Crippen LogP contribution in [0.5, 0.6) is 11.5 Å². The highest BCUT2D eigenvalue weighted by molar-refractivity contribution is 5.95. The lowest BCUT2D eigenvalue weighted by atomic mass is 10.1. The van der Waals surface area contributed by atoms with Gasteiger partial charge in [-0.15, -0.1) is 0 Å². The number of benzene rings is 1. The Hall–Kier alpha value is -3.81. The van der Waals surface area contributed by atoms with Gasteiger partial charge in [-0.25, -0.2) is 9.50 Å². The molecule has 8 heteroatoms. The summed E-state index contributed by atoms with van der Waals surface area (Å²) in [6, 6.07) is 9.41. The summed E-state index contributed by atoms with van der Waals surface area (Å²) in [5.74, 6) is 1.83. The van der Waals surface area contributed by atoms with E-state index in [2.05, 4.69) is 15.4 Å². The number of carbonyl (C=O) groups is 1. The third-order valence-electron chi connectivity index (χ3n) is 5.14. The number of aromatic nitrogens is 3. The van der Waals surface area contributed by atoms with Crippen LogP contribution in [0.1, 0.15) is 41.4 Å². The summed E-state index contributed by atoms with van der Waals surface area (Å²) in [5, 5.41) is 7.52. The smallest absolute Gasteiger partial charge is 0.255 e. The van der Waals surface area contributed by atoms with E-state index in [1.165, 1.54) is 0 Å². The summed E-state index contributed by atoms with van der Waals surface area (Å²) in [4.78, 5) is 17.3. The van der Waals surface area contributed by atoms with Gasteiger partial charge in [0.1, 0.15) is 5.76 Å². The van der Waals surface area contributed by atoms with E-state index in [9.17, 15) is 4.79 Å². The molecule has 0 unspecified atom stereocenters. The SMILES string of the molecule is CCOc1ccc(-c2c(C)nn3c(C)c(C(=O)NCc4ccco4)cnc23)cc1OCC. The molecule has 0 aliphatic heterocycles. The van der Waals surface area contributed by atoms with Crippen LogP contribution >= 0.6 is 0 Å². The molecule has 0 saturated heterocycles. The number of hydrogen-bond donors (Lipinski definition) is 1. The van der Waals surface area contributed by atoms with Crippen molar-refractivity contribution >= 4 is 11.6 Å². The number of nitrogens with zero attached hydrogens (tertiary/aromatic N) is 3. The molecule has 0 radical (unpaired) electrons. The number of aryl methyl sites for hydroxylation is 2. The average Bonchev–Trinajstić information content (AvgIpc) is 3.41. The van der Waals surface area contributed by atoms with Crippen molar-refractivity contribution in [3.05, 3.63) is 65.5 Å². The topological polar surface area (TPSA) is 90.9 Å². The standard InChI is InChI=1S/C24H26N4O4/c1-5-30-20-10-9-17(12-21(20)31-6-2)22-15(3)27-28-16(4)19(14-25-23(22)28)24(29)26-13-18-8-7-11-32-18/h7-12,14H,5-6,13H2,1-4H3,(H,26,29). The molecule has 0 spiro atoms. The lowest BCUT2D eigenvalue weighted by Gasteiger charge is -2.12. The van der Waals surface area contributed by atoms with Crippen molar-refractivity contribution in [1.82, 2.24) is 19.9 Å². The van der Waals surface area contributed by atoms with Gasteiger partial charge in [-0.1, -0.05) is 6.07 Å². The van der Waals surface area contributed by atoms with Crippen LogP contribution in [0.2, 0.25) is 0 Å². The maximum absolute atomic E-state index is 12.7. The average molecular weight is 434 g/mol. The number of ether oxygens (including phenoxy) is 2. The first kappa shape index (κ1) is 21.4. The van der Waals surface area contributed by atoms with Crippen molar-refractivity contribution in [3.63, 3.8) is 0 Å². The molecule has 3 heterocycles. The van der Waals surface area contributed by atoms with Crippen molar-refractivity contribution in [2.45, 2.75) is 34.2 Å². The van der Waals surface area contributed by atoms with Gasteiger partial charge in [-0.05, 0) is 57.5 Å². The Bertz CT molecular complexity index is 1240. The number of amides is 1. The second-order valence-corrected chi connectivity index (χ2v) is 7.24. The zero-order chi connectivity index (χ0) is 22.7. The van der Waals surface area contributed by atoms with Crippen molar-refractivity contribution < 1.29 is 18.7 Å². The van der Waals surface area contributed by atoms with Crippen molar-refractivity contribution in [3.8, 4) is 22.6 Å². The number of rotatable bonds is 8. The van der Waals surface area contributed by atoms with Crippen LogP contribution in [0.3, 0.4) is 0 Å². The number of furan rings is 1. The lowest BCUT2D eigenvalue weighted by molar-refractivity contribution is 0.0946. The van der Waals surface area contributed by atoms with Gasteiger partial charge in [-0.2, -0.15) is 5.10 Å². The Kier molecular flexibility index (Phi) is 6.11. The van der Waals surface area contributed by atoms with E-state index in [1.807, 2.05) is 52.0 Å². The minimum Gasteiger partial charge on any atom is -0.490 e. The summed E-state index contributed by atoms with van der Waals surface area (Å²) in [6.45, 7) is 9.05. The van der Waals surface area contributed by atoms with Crippen LogP contribution in [0.4, 0.5) is 0 Å². The van der Waals surface area contributed by atoms with Crippen LogP contribution < -0.4 is 14.8 Å². The Balaban J connectivity index is 1.70. The van der Waals surface area contributed by atoms with E-state index < -0.39 is 0 Å². The highest BCUT2D eigenvalue weighted by atomic mass is 16.5. The minimum absolute atomic E-state index is 0.234. The fraction of sp³-hybridized carbons (Fsp3) is 0.292. The van der Waals surface area contributed by atoms with Crippen molar-refractivity contribution in [1.29, 1.82) is 0 Å². The van der Waals surface area contributed by atoms with Gasteiger partial charge in [-0.3, -0.25) is 4.79 Å². The van der Waals surface area contributed by atoms with Gasteiger partial charge in [0.25, 0.3) is 5.91 Å². The predicted molar refractivity (Wildman–Crippen MR) is 120 cm³/mol. The van der Waals surface area contributed by atoms with Gasteiger partial charge in [0.15, 0.2) is 17.1 Å². The number of fused-ring (bicyclic) bond motifs is 1. The minimum atomic E-state index is -0.234. The Labute approximate surface area is 186 Å². The number of nitrogens with one attached hydrogen (secondary N) is 1. The maximum atomic E-state index is 12.7. The van der Waals surface area contributed by atoms with E-state index >= 15 is 0 Å². The largest absolute Gasteiger partial charge is 0.490 e. The van der Waals surface area contributed by atoms with E-state index in [0.29, 0.717) is 53.9 Å². The second-order valence-electron chi connectivity index (χ2n) is 7.24. The molecule has 8 nitrogen and oxygen atoms in total. The highest BCUT2D eigenvalue weighted by Gasteiger charge is 2.20. The van der Waals surface area contributed by atoms with Crippen LogP contribution in [-0.4, -0.2) is 33.7 Å². The molecule has 1 amide bonds. The molecule has 4 aromatic rings. The summed E-state index contributed by atoms with van der Waals surface area (Å²) >= 11 is 0. The van der Waals surface area contributed by atoms with E-state index in [4.69, 9.17) is 13.9 Å². The zero-order valence-electron chi connectivity index (χ0n) is 18.6. The predicted octanol–water partition coefficient (Wildman–Crippen LogP) is 4.33. The molecule has 32 heavy (non-hydrogen) atoms. The van der Waals surface area contributed by atoms with Gasteiger partial charge in [0, 0.05) is 11.8 Å². The Morgan fingerprint density at radius 2 is 1.91 bits per heavy atom. The second kappa shape index (κ2) is 9.13. The Morgan fingerprint density at radius 1 is 1.12 bits per heavy atom. The summed E-state index contributed by atoms with van der Waals surface area (Å²) in [5.41, 5.74) is 4.46. The van der Waals surface area contributed by atoms with Gasteiger partial charge < -0.3 is 19.2 Å². The molecular weight excluding hydrogens is 408 g/mol. The molecule has 4 rings (SSSR count). The molecular formula is C24H26N4O4. The summed E-state index contributed by atoms with van der Waals surface area (Å²) in [6.07, 6.45) is 3.16. The molecule has 0 atom stereocenters. The van der Waals surface area contributed by atoms with Crippen molar-refractivity contribution in [2.75, 3.05) is 13.2 Å². The first-order valence-electron chi connectivity index (χ1n) is 10.6. The van der Waals surface area contributed by atoms with Gasteiger partial charge in [0.2, 0.25) is 0 Å². The van der Waals surface area contributed by atoms with E-state index in [0.717, 1.165) is 16.8 Å². The van der Waals surface area contributed by atoms with Crippen LogP contribution in [0, 0.1) is 13.8 Å². The molecule has 166 valence electrons. The van der Waals surface area contributed by atoms with E-state index in [-0.39, 0.29) is 5.91 Å². The zero-order valence-corrected chi connectivity index (χ0v) is 18.6. The number of hydrogen-bond acceptors (Lipinski definition) is 6. The third kappa shape index (κ3) is 4.03.